The van der Waals surface area contributed by atoms with Crippen molar-refractivity contribution in [1.82, 2.24) is 5.32 Å². The average molecular weight is 243 g/mol. The van der Waals surface area contributed by atoms with Gasteiger partial charge < -0.3 is 10.1 Å². The second-order valence-corrected chi connectivity index (χ2v) is 6.59. The van der Waals surface area contributed by atoms with Crippen LogP contribution in [0.5, 0.6) is 0 Å². The Labute approximate surface area is 109 Å². The van der Waals surface area contributed by atoms with E-state index < -0.39 is 0 Å². The van der Waals surface area contributed by atoms with Gasteiger partial charge in [0.25, 0.3) is 0 Å². The zero-order valence-corrected chi connectivity index (χ0v) is 12.6. The van der Waals surface area contributed by atoms with Crippen LogP contribution in [-0.2, 0) is 4.74 Å². The molecule has 0 unspecified atom stereocenters. The molecule has 0 spiro atoms. The maximum atomic E-state index is 5.61. The Morgan fingerprint density at radius 1 is 1.00 bits per heavy atom. The van der Waals surface area contributed by atoms with Gasteiger partial charge in [-0.2, -0.15) is 0 Å². The van der Waals surface area contributed by atoms with Crippen molar-refractivity contribution in [3.8, 4) is 0 Å². The predicted octanol–water partition coefficient (Wildman–Crippen LogP) is 3.86. The summed E-state index contributed by atoms with van der Waals surface area (Å²) in [5.74, 6) is 0.830. The average Bonchev–Trinajstić information content (AvgIpc) is 2.18. The molecule has 0 atom stereocenters. The molecular formula is C15H33NO. The van der Waals surface area contributed by atoms with Crippen molar-refractivity contribution >= 4 is 0 Å². The Morgan fingerprint density at radius 2 is 1.65 bits per heavy atom. The maximum absolute atomic E-state index is 5.61. The molecule has 0 aromatic carbocycles. The molecule has 0 aliphatic rings. The highest BCUT2D eigenvalue weighted by Crippen LogP contribution is 2.10. The number of nitrogens with one attached hydrogen (secondary N) is 1. The maximum Gasteiger partial charge on any atom is 0.0478 e. The van der Waals surface area contributed by atoms with Gasteiger partial charge in [0.1, 0.15) is 0 Å². The van der Waals surface area contributed by atoms with Gasteiger partial charge in [-0.1, -0.05) is 47.5 Å². The highest BCUT2D eigenvalue weighted by Gasteiger charge is 2.07. The fourth-order valence-corrected chi connectivity index (χ4v) is 1.62. The van der Waals surface area contributed by atoms with Crippen LogP contribution in [0.25, 0.3) is 0 Å². The molecule has 0 fully saturated rings. The Morgan fingerprint density at radius 3 is 2.24 bits per heavy atom. The molecule has 2 heteroatoms. The Balaban J connectivity index is 3.04. The summed E-state index contributed by atoms with van der Waals surface area (Å²) in [7, 11) is 0. The lowest BCUT2D eigenvalue weighted by Gasteiger charge is -2.18. The minimum atomic E-state index is 0.387. The fraction of sp³-hybridized carbons (Fsp3) is 1.00. The van der Waals surface area contributed by atoms with E-state index in [-0.39, 0.29) is 0 Å². The van der Waals surface area contributed by atoms with Gasteiger partial charge in [0, 0.05) is 13.2 Å². The Bertz CT molecular complexity index is 161. The van der Waals surface area contributed by atoms with Crippen LogP contribution in [0.4, 0.5) is 0 Å². The highest BCUT2D eigenvalue weighted by molar-refractivity contribution is 4.64. The minimum Gasteiger partial charge on any atom is -0.381 e. The lowest BCUT2D eigenvalue weighted by atomic mass is 9.97. The van der Waals surface area contributed by atoms with E-state index in [0.717, 1.165) is 38.6 Å². The number of ether oxygens (including phenoxy) is 1. The van der Waals surface area contributed by atoms with Gasteiger partial charge in [0.15, 0.2) is 0 Å². The molecule has 0 heterocycles. The zero-order valence-electron chi connectivity index (χ0n) is 12.6. The van der Waals surface area contributed by atoms with Crippen LogP contribution < -0.4 is 5.32 Å². The zero-order chi connectivity index (χ0) is 13.1. The molecule has 0 saturated heterocycles. The van der Waals surface area contributed by atoms with E-state index in [1.807, 2.05) is 0 Å². The van der Waals surface area contributed by atoms with Crippen LogP contribution in [0, 0.1) is 11.3 Å². The highest BCUT2D eigenvalue weighted by atomic mass is 16.5. The monoisotopic (exact) mass is 243 g/mol. The van der Waals surface area contributed by atoms with Gasteiger partial charge in [0.05, 0.1) is 0 Å². The van der Waals surface area contributed by atoms with E-state index in [2.05, 4.69) is 39.9 Å². The number of hydrogen-bond acceptors (Lipinski definition) is 2. The number of rotatable bonds is 10. The molecule has 0 aliphatic carbocycles. The van der Waals surface area contributed by atoms with Gasteiger partial charge in [0.2, 0.25) is 0 Å². The van der Waals surface area contributed by atoms with Crippen LogP contribution in [-0.4, -0.2) is 26.3 Å². The van der Waals surface area contributed by atoms with Crippen LogP contribution in [0.2, 0.25) is 0 Å². The molecular weight excluding hydrogens is 210 g/mol. The Hall–Kier alpha value is -0.0800. The lowest BCUT2D eigenvalue weighted by Crippen LogP contribution is -2.28. The summed E-state index contributed by atoms with van der Waals surface area (Å²) in [6.07, 6.45) is 4.98. The van der Waals surface area contributed by atoms with Crippen molar-refractivity contribution in [3.63, 3.8) is 0 Å². The molecule has 17 heavy (non-hydrogen) atoms. The van der Waals surface area contributed by atoms with Crippen molar-refractivity contribution in [2.45, 2.75) is 60.3 Å². The molecule has 0 amide bonds. The second kappa shape index (κ2) is 9.90. The van der Waals surface area contributed by atoms with Gasteiger partial charge in [-0.3, -0.25) is 0 Å². The van der Waals surface area contributed by atoms with Crippen molar-refractivity contribution in [2.24, 2.45) is 11.3 Å². The topological polar surface area (TPSA) is 21.3 Å². The fourth-order valence-electron chi connectivity index (χ4n) is 1.62. The van der Waals surface area contributed by atoms with Crippen molar-refractivity contribution in [1.29, 1.82) is 0 Å². The van der Waals surface area contributed by atoms with E-state index in [4.69, 9.17) is 4.74 Å². The summed E-state index contributed by atoms with van der Waals surface area (Å²) in [5, 5.41) is 3.46. The first-order valence-corrected chi connectivity index (χ1v) is 7.20. The van der Waals surface area contributed by atoms with Crippen LogP contribution in [0.15, 0.2) is 0 Å². The van der Waals surface area contributed by atoms with Crippen molar-refractivity contribution < 1.29 is 4.74 Å². The molecule has 0 aromatic heterocycles. The lowest BCUT2D eigenvalue weighted by molar-refractivity contribution is 0.126. The normalized spacial score (nSPS) is 12.4. The van der Waals surface area contributed by atoms with Crippen molar-refractivity contribution in [3.05, 3.63) is 0 Å². The van der Waals surface area contributed by atoms with Crippen molar-refractivity contribution in [2.75, 3.05) is 26.3 Å². The van der Waals surface area contributed by atoms with E-state index in [1.165, 1.54) is 19.3 Å². The third kappa shape index (κ3) is 15.9. The van der Waals surface area contributed by atoms with Gasteiger partial charge in [-0.05, 0) is 37.3 Å². The molecule has 0 aromatic rings. The first kappa shape index (κ1) is 16.9. The predicted molar refractivity (Wildman–Crippen MR) is 76.4 cm³/mol. The summed E-state index contributed by atoms with van der Waals surface area (Å²) >= 11 is 0. The first-order valence-electron chi connectivity index (χ1n) is 7.20. The molecule has 0 saturated carbocycles. The van der Waals surface area contributed by atoms with E-state index >= 15 is 0 Å². The summed E-state index contributed by atoms with van der Waals surface area (Å²) < 4.78 is 5.61. The first-order chi connectivity index (χ1) is 7.92. The molecule has 2 nitrogen and oxygen atoms in total. The van der Waals surface area contributed by atoms with Crippen LogP contribution in [0.1, 0.15) is 60.3 Å². The Kier molecular flexibility index (Phi) is 9.85. The summed E-state index contributed by atoms with van der Waals surface area (Å²) in [6, 6.07) is 0. The summed E-state index contributed by atoms with van der Waals surface area (Å²) in [5.41, 5.74) is 0.387. The number of hydrogen-bond donors (Lipinski definition) is 1. The molecule has 0 aliphatic heterocycles. The summed E-state index contributed by atoms with van der Waals surface area (Å²) in [4.78, 5) is 0. The second-order valence-electron chi connectivity index (χ2n) is 6.59. The third-order valence-electron chi connectivity index (χ3n) is 2.62. The standard InChI is InChI=1S/C15H33NO/c1-14(2)9-6-7-11-17-12-8-10-16-13-15(3,4)5/h14,16H,6-13H2,1-5H3. The molecule has 104 valence electrons. The molecule has 0 bridgehead atoms. The van der Waals surface area contributed by atoms with E-state index in [0.29, 0.717) is 5.41 Å². The van der Waals surface area contributed by atoms with Gasteiger partial charge in [-0.25, -0.2) is 0 Å². The third-order valence-corrected chi connectivity index (χ3v) is 2.62. The van der Waals surface area contributed by atoms with Gasteiger partial charge in [-0.15, -0.1) is 0 Å². The minimum absolute atomic E-state index is 0.387. The summed E-state index contributed by atoms with van der Waals surface area (Å²) in [6.45, 7) is 15.3. The largest absolute Gasteiger partial charge is 0.381 e. The van der Waals surface area contributed by atoms with Crippen LogP contribution >= 0.6 is 0 Å². The quantitative estimate of drug-likeness (QED) is 0.588. The molecule has 1 N–H and O–H groups in total. The SMILES string of the molecule is CC(C)CCCCOCCCNCC(C)(C)C. The van der Waals surface area contributed by atoms with E-state index in [1.54, 1.807) is 0 Å². The molecule has 0 radical (unpaired) electrons. The van der Waals surface area contributed by atoms with Crippen LogP contribution in [0.3, 0.4) is 0 Å². The smallest absolute Gasteiger partial charge is 0.0478 e. The van der Waals surface area contributed by atoms with E-state index in [9.17, 15) is 0 Å². The molecule has 0 rings (SSSR count). The van der Waals surface area contributed by atoms with Gasteiger partial charge >= 0.3 is 0 Å². The number of unbranched alkanes of at least 4 members (excludes halogenated alkanes) is 1.